The highest BCUT2D eigenvalue weighted by Gasteiger charge is 2.13. The number of hydrogen-bond donors (Lipinski definition) is 2. The summed E-state index contributed by atoms with van der Waals surface area (Å²) in [6.45, 7) is 0. The third kappa shape index (κ3) is 2.38. The van der Waals surface area contributed by atoms with Gasteiger partial charge in [-0.05, 0) is 35.4 Å². The molecule has 3 nitrogen and oxygen atoms in total. The molecule has 0 spiro atoms. The third-order valence-electron chi connectivity index (χ3n) is 3.01. The molecule has 0 aliphatic heterocycles. The Bertz CT molecular complexity index is 820. The van der Waals surface area contributed by atoms with E-state index in [0.717, 1.165) is 11.6 Å². The lowest BCUT2D eigenvalue weighted by atomic mass is 10.0. The molecule has 1 heterocycles. The minimum Gasteiger partial charge on any atom is -0.306 e. The Hall–Kier alpha value is -1.95. The predicted molar refractivity (Wildman–Crippen MR) is 76.0 cm³/mol. The molecule has 0 amide bonds. The second-order valence-corrected chi connectivity index (χ2v) is 5.37. The van der Waals surface area contributed by atoms with Gasteiger partial charge in [0.1, 0.15) is 11.6 Å². The van der Waals surface area contributed by atoms with Gasteiger partial charge in [0.05, 0.1) is 15.9 Å². The van der Waals surface area contributed by atoms with Crippen molar-refractivity contribution in [2.75, 3.05) is 0 Å². The molecular formula is C14H9BrF2N2O. The van der Waals surface area contributed by atoms with Crippen LogP contribution in [0.4, 0.5) is 8.78 Å². The Labute approximate surface area is 120 Å². The van der Waals surface area contributed by atoms with Crippen LogP contribution in [0.5, 0.6) is 0 Å². The molecule has 1 atom stereocenters. The first-order valence-corrected chi connectivity index (χ1v) is 6.76. The first kappa shape index (κ1) is 13.1. The molecule has 0 saturated carbocycles. The molecule has 0 fully saturated rings. The van der Waals surface area contributed by atoms with Crippen LogP contribution in [0.1, 0.15) is 16.0 Å². The van der Waals surface area contributed by atoms with Gasteiger partial charge in [0.25, 0.3) is 0 Å². The van der Waals surface area contributed by atoms with E-state index in [1.165, 1.54) is 12.1 Å². The van der Waals surface area contributed by atoms with Gasteiger partial charge in [-0.1, -0.05) is 22.0 Å². The average Bonchev–Trinajstić information content (AvgIpc) is 2.75. The van der Waals surface area contributed by atoms with E-state index in [1.54, 1.807) is 18.2 Å². The maximum Gasteiger partial charge on any atom is 0.323 e. The quantitative estimate of drug-likeness (QED) is 0.689. The molecule has 0 aliphatic rings. The summed E-state index contributed by atoms with van der Waals surface area (Å²) in [6.07, 6.45) is 0. The van der Waals surface area contributed by atoms with E-state index in [9.17, 15) is 13.6 Å². The number of fused-ring (bicyclic) bond motifs is 1. The molecule has 0 saturated heterocycles. The van der Waals surface area contributed by atoms with Crippen LogP contribution in [0.3, 0.4) is 0 Å². The number of alkyl halides is 1. The first-order valence-electron chi connectivity index (χ1n) is 5.85. The zero-order chi connectivity index (χ0) is 14.3. The fourth-order valence-corrected chi connectivity index (χ4v) is 2.67. The minimum absolute atomic E-state index is 0.292. The van der Waals surface area contributed by atoms with Crippen molar-refractivity contribution in [2.45, 2.75) is 4.83 Å². The van der Waals surface area contributed by atoms with E-state index in [-0.39, 0.29) is 10.5 Å². The lowest BCUT2D eigenvalue weighted by molar-refractivity contribution is 0.580. The molecule has 0 aliphatic carbocycles. The van der Waals surface area contributed by atoms with Crippen LogP contribution in [-0.2, 0) is 0 Å². The van der Waals surface area contributed by atoms with E-state index in [1.807, 2.05) is 0 Å². The number of aromatic nitrogens is 2. The van der Waals surface area contributed by atoms with Gasteiger partial charge in [-0.25, -0.2) is 13.6 Å². The van der Waals surface area contributed by atoms with Crippen LogP contribution in [-0.4, -0.2) is 9.97 Å². The van der Waals surface area contributed by atoms with Gasteiger partial charge >= 0.3 is 5.69 Å². The first-order chi connectivity index (χ1) is 9.52. The van der Waals surface area contributed by atoms with Crippen molar-refractivity contribution in [1.29, 1.82) is 0 Å². The number of rotatable bonds is 2. The van der Waals surface area contributed by atoms with Crippen molar-refractivity contribution in [3.05, 3.63) is 69.6 Å². The summed E-state index contributed by atoms with van der Waals surface area (Å²) in [5.41, 5.74) is 2.30. The second kappa shape index (κ2) is 4.86. The zero-order valence-corrected chi connectivity index (χ0v) is 11.7. The molecule has 0 radical (unpaired) electrons. The van der Waals surface area contributed by atoms with Crippen molar-refractivity contribution >= 4 is 27.0 Å². The number of imidazole rings is 1. The van der Waals surface area contributed by atoms with E-state index in [2.05, 4.69) is 25.9 Å². The number of H-pyrrole nitrogens is 2. The maximum atomic E-state index is 13.2. The fourth-order valence-electron chi connectivity index (χ4n) is 2.12. The third-order valence-corrected chi connectivity index (χ3v) is 4.07. The number of halogens is 3. The van der Waals surface area contributed by atoms with Crippen LogP contribution >= 0.6 is 15.9 Å². The Balaban J connectivity index is 2.06. The number of aromatic amines is 2. The van der Waals surface area contributed by atoms with Crippen LogP contribution in [0.15, 0.2) is 41.2 Å². The van der Waals surface area contributed by atoms with Gasteiger partial charge in [-0.3, -0.25) is 0 Å². The van der Waals surface area contributed by atoms with Gasteiger partial charge in [0.2, 0.25) is 0 Å². The second-order valence-electron chi connectivity index (χ2n) is 4.45. The number of benzene rings is 2. The lowest BCUT2D eigenvalue weighted by Gasteiger charge is -2.11. The standard InChI is InChI=1S/C14H9BrF2N2O/c15-13(8-3-9(16)6-10(17)4-8)7-1-2-11-12(5-7)19-14(20)18-11/h1-6,13H,(H2,18,19,20). The summed E-state index contributed by atoms with van der Waals surface area (Å²) in [7, 11) is 0. The average molecular weight is 339 g/mol. The Morgan fingerprint density at radius 3 is 2.25 bits per heavy atom. The number of nitrogens with one attached hydrogen (secondary N) is 2. The van der Waals surface area contributed by atoms with Crippen molar-refractivity contribution in [1.82, 2.24) is 9.97 Å². The summed E-state index contributed by atoms with van der Waals surface area (Å²) in [4.78, 5) is 16.1. The summed E-state index contributed by atoms with van der Waals surface area (Å²) in [6, 6.07) is 8.66. The summed E-state index contributed by atoms with van der Waals surface area (Å²) < 4.78 is 26.5. The molecule has 20 heavy (non-hydrogen) atoms. The summed E-state index contributed by atoms with van der Waals surface area (Å²) in [5.74, 6) is -1.25. The van der Waals surface area contributed by atoms with E-state index in [0.29, 0.717) is 16.6 Å². The largest absolute Gasteiger partial charge is 0.323 e. The normalized spacial score (nSPS) is 12.8. The van der Waals surface area contributed by atoms with Gasteiger partial charge in [-0.2, -0.15) is 0 Å². The van der Waals surface area contributed by atoms with Crippen LogP contribution in [0.25, 0.3) is 11.0 Å². The van der Waals surface area contributed by atoms with Crippen molar-refractivity contribution in [3.63, 3.8) is 0 Å². The molecule has 2 N–H and O–H groups in total. The molecule has 2 aromatic carbocycles. The Morgan fingerprint density at radius 1 is 0.900 bits per heavy atom. The predicted octanol–water partition coefficient (Wildman–Crippen LogP) is 3.62. The van der Waals surface area contributed by atoms with Crippen LogP contribution < -0.4 is 5.69 Å². The van der Waals surface area contributed by atoms with E-state index < -0.39 is 11.6 Å². The van der Waals surface area contributed by atoms with Gasteiger partial charge in [0.15, 0.2) is 0 Å². The van der Waals surface area contributed by atoms with Gasteiger partial charge < -0.3 is 9.97 Å². The van der Waals surface area contributed by atoms with E-state index in [4.69, 9.17) is 0 Å². The molecule has 1 unspecified atom stereocenters. The highest BCUT2D eigenvalue weighted by molar-refractivity contribution is 9.09. The molecular weight excluding hydrogens is 330 g/mol. The molecule has 102 valence electrons. The highest BCUT2D eigenvalue weighted by atomic mass is 79.9. The Kier molecular flexibility index (Phi) is 3.17. The summed E-state index contributed by atoms with van der Waals surface area (Å²) >= 11 is 3.42. The molecule has 1 aromatic heterocycles. The smallest absolute Gasteiger partial charge is 0.306 e. The lowest BCUT2D eigenvalue weighted by Crippen LogP contribution is -1.99. The summed E-state index contributed by atoms with van der Waals surface area (Å²) in [5, 5.41) is 0. The molecule has 6 heteroatoms. The zero-order valence-electron chi connectivity index (χ0n) is 10.1. The van der Waals surface area contributed by atoms with Crippen LogP contribution in [0, 0.1) is 11.6 Å². The topological polar surface area (TPSA) is 48.6 Å². The Morgan fingerprint density at radius 2 is 1.55 bits per heavy atom. The monoisotopic (exact) mass is 338 g/mol. The SMILES string of the molecule is O=c1[nH]c2ccc(C(Br)c3cc(F)cc(F)c3)cc2[nH]1. The number of hydrogen-bond acceptors (Lipinski definition) is 1. The minimum atomic E-state index is -0.624. The molecule has 3 aromatic rings. The molecule has 0 bridgehead atoms. The van der Waals surface area contributed by atoms with Crippen molar-refractivity contribution in [3.8, 4) is 0 Å². The van der Waals surface area contributed by atoms with Crippen molar-refractivity contribution in [2.24, 2.45) is 0 Å². The maximum absolute atomic E-state index is 13.2. The highest BCUT2D eigenvalue weighted by Crippen LogP contribution is 2.32. The van der Waals surface area contributed by atoms with Gasteiger partial charge in [-0.15, -0.1) is 0 Å². The fraction of sp³-hybridized carbons (Fsp3) is 0.0714. The van der Waals surface area contributed by atoms with E-state index >= 15 is 0 Å². The van der Waals surface area contributed by atoms with Gasteiger partial charge in [0, 0.05) is 6.07 Å². The van der Waals surface area contributed by atoms with Crippen molar-refractivity contribution < 1.29 is 8.78 Å². The van der Waals surface area contributed by atoms with Crippen LogP contribution in [0.2, 0.25) is 0 Å². The molecule has 3 rings (SSSR count).